The van der Waals surface area contributed by atoms with Gasteiger partial charge in [0.1, 0.15) is 5.82 Å². The van der Waals surface area contributed by atoms with Crippen LogP contribution in [0.15, 0.2) is 30.3 Å². The summed E-state index contributed by atoms with van der Waals surface area (Å²) in [5, 5.41) is 5.99. The first kappa shape index (κ1) is 15.8. The second kappa shape index (κ2) is 7.41. The first-order valence-corrected chi connectivity index (χ1v) is 8.02. The van der Waals surface area contributed by atoms with Gasteiger partial charge in [-0.05, 0) is 24.8 Å². The molecule has 0 aliphatic heterocycles. The van der Waals surface area contributed by atoms with Crippen molar-refractivity contribution in [2.45, 2.75) is 46.7 Å². The van der Waals surface area contributed by atoms with Crippen molar-refractivity contribution in [3.8, 4) is 0 Å². The average Bonchev–Trinajstić information content (AvgIpc) is 2.50. The van der Waals surface area contributed by atoms with Crippen molar-refractivity contribution >= 4 is 16.6 Å². The molecule has 0 bridgehead atoms. The molecular formula is C18H27N3. The summed E-state index contributed by atoms with van der Waals surface area (Å²) in [5.74, 6) is 1.12. The molecule has 0 saturated heterocycles. The van der Waals surface area contributed by atoms with Crippen molar-refractivity contribution in [3.63, 3.8) is 0 Å². The number of nitrogens with zero attached hydrogens (tertiary/aromatic N) is 2. The second-order valence-electron chi connectivity index (χ2n) is 5.77. The zero-order valence-electron chi connectivity index (χ0n) is 13.7. The van der Waals surface area contributed by atoms with Crippen LogP contribution in [-0.2, 0) is 6.54 Å². The van der Waals surface area contributed by atoms with Gasteiger partial charge in [0.05, 0.1) is 5.69 Å². The van der Waals surface area contributed by atoms with E-state index >= 15 is 0 Å². The standard InChI is InChI=1S/C18H27N3/c1-5-11-21(6-2)18-17-10-8-7-9-15(17)12-16(20-18)13-19-14(3)4/h7-10,12,14,19H,5-6,11,13H2,1-4H3. The lowest BCUT2D eigenvalue weighted by Crippen LogP contribution is -2.26. The maximum Gasteiger partial charge on any atom is 0.136 e. The van der Waals surface area contributed by atoms with Crippen molar-refractivity contribution in [2.24, 2.45) is 0 Å². The van der Waals surface area contributed by atoms with Crippen molar-refractivity contribution in [1.82, 2.24) is 10.3 Å². The molecule has 0 aliphatic carbocycles. The topological polar surface area (TPSA) is 28.2 Å². The number of hydrogen-bond donors (Lipinski definition) is 1. The van der Waals surface area contributed by atoms with Crippen LogP contribution in [0.5, 0.6) is 0 Å². The molecule has 3 nitrogen and oxygen atoms in total. The van der Waals surface area contributed by atoms with Crippen LogP contribution in [0.2, 0.25) is 0 Å². The molecule has 1 aromatic heterocycles. The summed E-state index contributed by atoms with van der Waals surface area (Å²) in [4.78, 5) is 7.30. The van der Waals surface area contributed by atoms with Gasteiger partial charge in [-0.2, -0.15) is 0 Å². The Bertz CT molecular complexity index is 578. The first-order valence-electron chi connectivity index (χ1n) is 8.02. The van der Waals surface area contributed by atoms with Crippen LogP contribution >= 0.6 is 0 Å². The highest BCUT2D eigenvalue weighted by molar-refractivity contribution is 5.92. The SMILES string of the molecule is CCCN(CC)c1nc(CNC(C)C)cc2ccccc12. The third-order valence-electron chi connectivity index (χ3n) is 3.64. The minimum Gasteiger partial charge on any atom is -0.356 e. The van der Waals surface area contributed by atoms with Gasteiger partial charge in [0.2, 0.25) is 0 Å². The summed E-state index contributed by atoms with van der Waals surface area (Å²) >= 11 is 0. The number of rotatable bonds is 7. The first-order chi connectivity index (χ1) is 10.2. The van der Waals surface area contributed by atoms with Crippen LogP contribution in [0.4, 0.5) is 5.82 Å². The zero-order chi connectivity index (χ0) is 15.2. The lowest BCUT2D eigenvalue weighted by Gasteiger charge is -2.24. The zero-order valence-corrected chi connectivity index (χ0v) is 13.7. The van der Waals surface area contributed by atoms with Gasteiger partial charge in [0.25, 0.3) is 0 Å². The fourth-order valence-electron chi connectivity index (χ4n) is 2.56. The molecule has 0 radical (unpaired) electrons. The minimum absolute atomic E-state index is 0.472. The summed E-state index contributed by atoms with van der Waals surface area (Å²) in [6.07, 6.45) is 1.14. The van der Waals surface area contributed by atoms with Crippen LogP contribution in [0.3, 0.4) is 0 Å². The maximum atomic E-state index is 4.93. The molecule has 0 unspecified atom stereocenters. The Balaban J connectivity index is 2.44. The lowest BCUT2D eigenvalue weighted by atomic mass is 10.1. The second-order valence-corrected chi connectivity index (χ2v) is 5.77. The summed E-state index contributed by atoms with van der Waals surface area (Å²) in [6.45, 7) is 11.6. The Kier molecular flexibility index (Phi) is 5.57. The van der Waals surface area contributed by atoms with E-state index in [2.05, 4.69) is 68.2 Å². The smallest absolute Gasteiger partial charge is 0.136 e. The summed E-state index contributed by atoms with van der Waals surface area (Å²) in [5.41, 5.74) is 1.12. The van der Waals surface area contributed by atoms with E-state index in [0.29, 0.717) is 6.04 Å². The fraction of sp³-hybridized carbons (Fsp3) is 0.500. The third-order valence-corrected chi connectivity index (χ3v) is 3.64. The van der Waals surface area contributed by atoms with Crippen molar-refractivity contribution in [3.05, 3.63) is 36.0 Å². The number of anilines is 1. The van der Waals surface area contributed by atoms with E-state index in [-0.39, 0.29) is 0 Å². The molecule has 1 aromatic carbocycles. The monoisotopic (exact) mass is 285 g/mol. The number of fused-ring (bicyclic) bond motifs is 1. The van der Waals surface area contributed by atoms with Crippen molar-refractivity contribution < 1.29 is 0 Å². The molecule has 0 fully saturated rings. The fourth-order valence-corrected chi connectivity index (χ4v) is 2.56. The number of pyridine rings is 1. The van der Waals surface area contributed by atoms with E-state index in [9.17, 15) is 0 Å². The quantitative estimate of drug-likeness (QED) is 0.834. The predicted octanol–water partition coefficient (Wildman–Crippen LogP) is 3.97. The van der Waals surface area contributed by atoms with Crippen molar-refractivity contribution in [1.29, 1.82) is 0 Å². The van der Waals surface area contributed by atoms with Gasteiger partial charge in [-0.25, -0.2) is 4.98 Å². The predicted molar refractivity (Wildman–Crippen MR) is 91.9 cm³/mol. The van der Waals surface area contributed by atoms with Gasteiger partial charge in [-0.1, -0.05) is 45.0 Å². The third kappa shape index (κ3) is 3.94. The highest BCUT2D eigenvalue weighted by Crippen LogP contribution is 2.26. The number of nitrogens with one attached hydrogen (secondary N) is 1. The lowest BCUT2D eigenvalue weighted by molar-refractivity contribution is 0.581. The van der Waals surface area contributed by atoms with E-state index in [1.165, 1.54) is 10.8 Å². The van der Waals surface area contributed by atoms with Gasteiger partial charge >= 0.3 is 0 Å². The molecule has 0 atom stereocenters. The summed E-state index contributed by atoms with van der Waals surface area (Å²) < 4.78 is 0. The largest absolute Gasteiger partial charge is 0.356 e. The number of benzene rings is 1. The van der Waals surface area contributed by atoms with E-state index in [1.54, 1.807) is 0 Å². The molecule has 21 heavy (non-hydrogen) atoms. The highest BCUT2D eigenvalue weighted by atomic mass is 15.2. The van der Waals surface area contributed by atoms with Gasteiger partial charge in [-0.3, -0.25) is 0 Å². The van der Waals surface area contributed by atoms with Crippen molar-refractivity contribution in [2.75, 3.05) is 18.0 Å². The molecule has 3 heteroatoms. The molecule has 0 amide bonds. The average molecular weight is 285 g/mol. The van der Waals surface area contributed by atoms with Gasteiger partial charge in [-0.15, -0.1) is 0 Å². The van der Waals surface area contributed by atoms with E-state index < -0.39 is 0 Å². The Hall–Kier alpha value is -1.61. The molecule has 114 valence electrons. The van der Waals surface area contributed by atoms with E-state index in [0.717, 1.165) is 37.6 Å². The minimum atomic E-state index is 0.472. The van der Waals surface area contributed by atoms with Crippen LogP contribution in [0.1, 0.15) is 39.8 Å². The summed E-state index contributed by atoms with van der Waals surface area (Å²) in [6, 6.07) is 11.2. The van der Waals surface area contributed by atoms with Gasteiger partial charge < -0.3 is 10.2 Å². The van der Waals surface area contributed by atoms with Crippen LogP contribution in [-0.4, -0.2) is 24.1 Å². The maximum absolute atomic E-state index is 4.93. The number of aromatic nitrogens is 1. The Labute approximate surface area is 128 Å². The Morgan fingerprint density at radius 1 is 1.19 bits per heavy atom. The molecule has 1 N–H and O–H groups in total. The Morgan fingerprint density at radius 3 is 2.62 bits per heavy atom. The molecule has 2 aromatic rings. The molecule has 0 spiro atoms. The molecule has 1 heterocycles. The highest BCUT2D eigenvalue weighted by Gasteiger charge is 2.11. The van der Waals surface area contributed by atoms with Gasteiger partial charge in [0.15, 0.2) is 0 Å². The van der Waals surface area contributed by atoms with E-state index in [1.807, 2.05) is 0 Å². The van der Waals surface area contributed by atoms with Crippen LogP contribution in [0.25, 0.3) is 10.8 Å². The molecule has 0 saturated carbocycles. The number of hydrogen-bond acceptors (Lipinski definition) is 3. The normalized spacial score (nSPS) is 11.3. The van der Waals surface area contributed by atoms with Crippen LogP contribution < -0.4 is 10.2 Å². The molecular weight excluding hydrogens is 258 g/mol. The van der Waals surface area contributed by atoms with E-state index in [4.69, 9.17) is 4.98 Å². The van der Waals surface area contributed by atoms with Crippen LogP contribution in [0, 0.1) is 0 Å². The summed E-state index contributed by atoms with van der Waals surface area (Å²) in [7, 11) is 0. The van der Waals surface area contributed by atoms with Gasteiger partial charge in [0, 0.05) is 31.1 Å². The molecule has 0 aliphatic rings. The molecule has 2 rings (SSSR count). The Morgan fingerprint density at radius 2 is 1.95 bits per heavy atom.